The molecule has 0 radical (unpaired) electrons. The lowest BCUT2D eigenvalue weighted by atomic mass is 10.2. The van der Waals surface area contributed by atoms with Crippen LogP contribution in [0.1, 0.15) is 5.56 Å². The van der Waals surface area contributed by atoms with Crippen LogP contribution in [0.5, 0.6) is 0 Å². The first-order valence-electron chi connectivity index (χ1n) is 7.21. The van der Waals surface area contributed by atoms with Crippen LogP contribution >= 0.6 is 15.9 Å². The molecule has 1 aromatic heterocycles. The molecule has 8 heteroatoms. The van der Waals surface area contributed by atoms with Gasteiger partial charge in [-0.25, -0.2) is 4.98 Å². The van der Waals surface area contributed by atoms with Gasteiger partial charge in [-0.15, -0.1) is 0 Å². The zero-order valence-corrected chi connectivity index (χ0v) is 14.3. The molecule has 3 rings (SSSR count). The Labute approximate surface area is 150 Å². The number of hydrogen-bond donors (Lipinski definition) is 2. The summed E-state index contributed by atoms with van der Waals surface area (Å²) in [6, 6.07) is 15.7. The monoisotopic (exact) mass is 408 g/mol. The van der Waals surface area contributed by atoms with Gasteiger partial charge in [-0.05, 0) is 36.4 Å². The minimum Gasteiger partial charge on any atom is -0.340 e. The number of rotatable bonds is 4. The molecule has 0 saturated carbocycles. The van der Waals surface area contributed by atoms with Crippen molar-refractivity contribution < 1.29 is 13.2 Å². The second-order valence-electron chi connectivity index (χ2n) is 5.08. The third-order valence-corrected chi connectivity index (χ3v) is 3.76. The van der Waals surface area contributed by atoms with Gasteiger partial charge in [-0.1, -0.05) is 34.1 Å². The minimum absolute atomic E-state index is 0.0683. The van der Waals surface area contributed by atoms with Gasteiger partial charge in [0, 0.05) is 22.0 Å². The number of hydrogen-bond acceptors (Lipinski definition) is 4. The van der Waals surface area contributed by atoms with Crippen LogP contribution in [-0.4, -0.2) is 9.97 Å². The lowest BCUT2D eigenvalue weighted by Crippen LogP contribution is -2.12. The highest BCUT2D eigenvalue weighted by molar-refractivity contribution is 9.10. The van der Waals surface area contributed by atoms with E-state index in [2.05, 4.69) is 36.5 Å². The molecule has 128 valence electrons. The van der Waals surface area contributed by atoms with E-state index in [1.54, 1.807) is 48.5 Å². The van der Waals surface area contributed by atoms with E-state index in [4.69, 9.17) is 0 Å². The van der Waals surface area contributed by atoms with Crippen molar-refractivity contribution in [2.45, 2.75) is 6.18 Å². The van der Waals surface area contributed by atoms with E-state index in [0.717, 1.165) is 10.7 Å². The number of halogens is 4. The fourth-order valence-electron chi connectivity index (χ4n) is 2.07. The number of benzene rings is 2. The molecule has 0 fully saturated rings. The zero-order valence-electron chi connectivity index (χ0n) is 12.7. The molecule has 0 amide bonds. The maximum atomic E-state index is 13.2. The highest BCUT2D eigenvalue weighted by Gasteiger charge is 2.35. The van der Waals surface area contributed by atoms with Crippen LogP contribution in [0.2, 0.25) is 0 Å². The van der Waals surface area contributed by atoms with E-state index < -0.39 is 11.7 Å². The fraction of sp³-hybridized carbons (Fsp3) is 0.0588. The van der Waals surface area contributed by atoms with Crippen molar-refractivity contribution in [3.05, 3.63) is 70.8 Å². The Kier molecular flexibility index (Phi) is 4.89. The maximum Gasteiger partial charge on any atom is 0.421 e. The van der Waals surface area contributed by atoms with Crippen LogP contribution in [0.25, 0.3) is 0 Å². The Morgan fingerprint density at radius 3 is 2.12 bits per heavy atom. The Morgan fingerprint density at radius 2 is 1.48 bits per heavy atom. The molecule has 0 atom stereocenters. The van der Waals surface area contributed by atoms with Crippen molar-refractivity contribution in [1.82, 2.24) is 9.97 Å². The Bertz CT molecular complexity index is 852. The molecule has 0 aliphatic rings. The molecule has 0 spiro atoms. The summed E-state index contributed by atoms with van der Waals surface area (Å²) in [4.78, 5) is 7.75. The van der Waals surface area contributed by atoms with Gasteiger partial charge < -0.3 is 10.6 Å². The second kappa shape index (κ2) is 7.10. The standard InChI is InChI=1S/C17H12BrF3N4/c18-11-6-8-13(9-7-11)23-15-14(17(19,20)21)10-22-16(25-15)24-12-4-2-1-3-5-12/h1-10H,(H2,22,23,24,25). The molecule has 0 bridgehead atoms. The summed E-state index contributed by atoms with van der Waals surface area (Å²) < 4.78 is 40.5. The zero-order chi connectivity index (χ0) is 17.9. The van der Waals surface area contributed by atoms with Crippen molar-refractivity contribution in [1.29, 1.82) is 0 Å². The van der Waals surface area contributed by atoms with E-state index >= 15 is 0 Å². The molecule has 1 heterocycles. The van der Waals surface area contributed by atoms with E-state index in [0.29, 0.717) is 11.4 Å². The number of anilines is 4. The van der Waals surface area contributed by atoms with Crippen LogP contribution in [-0.2, 0) is 6.18 Å². The van der Waals surface area contributed by atoms with Gasteiger partial charge in [-0.3, -0.25) is 0 Å². The fourth-order valence-corrected chi connectivity index (χ4v) is 2.33. The summed E-state index contributed by atoms with van der Waals surface area (Å²) in [6.45, 7) is 0. The van der Waals surface area contributed by atoms with Gasteiger partial charge in [0.1, 0.15) is 11.4 Å². The van der Waals surface area contributed by atoms with Crippen molar-refractivity contribution in [3.63, 3.8) is 0 Å². The first-order valence-corrected chi connectivity index (χ1v) is 8.00. The van der Waals surface area contributed by atoms with E-state index in [9.17, 15) is 13.2 Å². The number of nitrogens with one attached hydrogen (secondary N) is 2. The number of para-hydroxylation sites is 1. The van der Waals surface area contributed by atoms with Crippen molar-refractivity contribution in [3.8, 4) is 0 Å². The predicted molar refractivity (Wildman–Crippen MR) is 94.2 cm³/mol. The highest BCUT2D eigenvalue weighted by atomic mass is 79.9. The number of aromatic nitrogens is 2. The van der Waals surface area contributed by atoms with Crippen LogP contribution < -0.4 is 10.6 Å². The van der Waals surface area contributed by atoms with E-state index in [1.165, 1.54) is 0 Å². The van der Waals surface area contributed by atoms with Gasteiger partial charge in [0.15, 0.2) is 0 Å². The van der Waals surface area contributed by atoms with Crippen molar-refractivity contribution >= 4 is 39.1 Å². The summed E-state index contributed by atoms with van der Waals surface area (Å²) in [5.41, 5.74) is 0.226. The van der Waals surface area contributed by atoms with Crippen LogP contribution in [0, 0.1) is 0 Å². The molecule has 0 unspecified atom stereocenters. The third kappa shape index (κ3) is 4.48. The van der Waals surface area contributed by atoms with E-state index in [-0.39, 0.29) is 11.8 Å². The Hall–Kier alpha value is -2.61. The molecular weight excluding hydrogens is 397 g/mol. The Morgan fingerprint density at radius 1 is 0.840 bits per heavy atom. The molecule has 0 aliphatic carbocycles. The van der Waals surface area contributed by atoms with Gasteiger partial charge in [0.05, 0.1) is 0 Å². The molecule has 2 aromatic carbocycles. The first kappa shape index (κ1) is 17.2. The van der Waals surface area contributed by atoms with Gasteiger partial charge in [-0.2, -0.15) is 18.2 Å². The van der Waals surface area contributed by atoms with Crippen LogP contribution in [0.3, 0.4) is 0 Å². The summed E-state index contributed by atoms with van der Waals surface area (Å²) in [5.74, 6) is -0.248. The van der Waals surface area contributed by atoms with Gasteiger partial charge >= 0.3 is 6.18 Å². The minimum atomic E-state index is -4.57. The number of alkyl halides is 3. The summed E-state index contributed by atoms with van der Waals surface area (Å²) in [7, 11) is 0. The average Bonchev–Trinajstić information content (AvgIpc) is 2.57. The molecule has 3 aromatic rings. The molecule has 4 nitrogen and oxygen atoms in total. The molecule has 25 heavy (non-hydrogen) atoms. The Balaban J connectivity index is 1.94. The lowest BCUT2D eigenvalue weighted by molar-refractivity contribution is -0.137. The average molecular weight is 409 g/mol. The molecule has 2 N–H and O–H groups in total. The van der Waals surface area contributed by atoms with Crippen molar-refractivity contribution in [2.75, 3.05) is 10.6 Å². The first-order chi connectivity index (χ1) is 11.9. The highest BCUT2D eigenvalue weighted by Crippen LogP contribution is 2.35. The largest absolute Gasteiger partial charge is 0.421 e. The normalized spacial score (nSPS) is 11.2. The van der Waals surface area contributed by atoms with Gasteiger partial charge in [0.25, 0.3) is 0 Å². The molecule has 0 saturated heterocycles. The quantitative estimate of drug-likeness (QED) is 0.577. The smallest absolute Gasteiger partial charge is 0.340 e. The van der Waals surface area contributed by atoms with E-state index in [1.807, 2.05) is 6.07 Å². The summed E-state index contributed by atoms with van der Waals surface area (Å²) >= 11 is 3.28. The maximum absolute atomic E-state index is 13.2. The predicted octanol–water partition coefficient (Wildman–Crippen LogP) is 5.75. The number of nitrogens with zero attached hydrogens (tertiary/aromatic N) is 2. The topological polar surface area (TPSA) is 49.8 Å². The van der Waals surface area contributed by atoms with Gasteiger partial charge in [0.2, 0.25) is 5.95 Å². The summed E-state index contributed by atoms with van der Waals surface area (Å²) in [5, 5.41) is 5.58. The van der Waals surface area contributed by atoms with Crippen LogP contribution in [0.4, 0.5) is 36.3 Å². The van der Waals surface area contributed by atoms with Crippen LogP contribution in [0.15, 0.2) is 65.3 Å². The van der Waals surface area contributed by atoms with Crippen molar-refractivity contribution in [2.24, 2.45) is 0 Å². The SMILES string of the molecule is FC(F)(F)c1cnc(Nc2ccccc2)nc1Nc1ccc(Br)cc1. The summed E-state index contributed by atoms with van der Waals surface area (Å²) in [6.07, 6.45) is -3.80. The second-order valence-corrected chi connectivity index (χ2v) is 5.99. The molecule has 0 aliphatic heterocycles. The lowest BCUT2D eigenvalue weighted by Gasteiger charge is -2.15. The third-order valence-electron chi connectivity index (χ3n) is 3.23. The molecular formula is C17H12BrF3N4.